The van der Waals surface area contributed by atoms with E-state index in [1.54, 1.807) is 113 Å². The van der Waals surface area contributed by atoms with Crippen LogP contribution in [-0.2, 0) is 42.9 Å². The minimum atomic E-state index is -2.29. The number of carbonyl (C=O) groups excluding carboxylic acids is 6. The van der Waals surface area contributed by atoms with Crippen LogP contribution in [0.2, 0.25) is 0 Å². The molecule has 3 aromatic rings. The van der Waals surface area contributed by atoms with Crippen molar-refractivity contribution in [2.24, 2.45) is 16.7 Å². The molecule has 3 aliphatic carbocycles. The fraction of sp³-hybridized carbons (Fsp3) is 0.458. The third kappa shape index (κ3) is 7.76. The molecule has 63 heavy (non-hydrogen) atoms. The molecule has 334 valence electrons. The van der Waals surface area contributed by atoms with Crippen LogP contribution >= 0.6 is 11.8 Å². The van der Waals surface area contributed by atoms with Crippen molar-refractivity contribution < 1.29 is 62.7 Å². The Morgan fingerprint density at radius 1 is 0.841 bits per heavy atom. The molecule has 11 atom stereocenters. The van der Waals surface area contributed by atoms with Gasteiger partial charge in [0.25, 0.3) is 5.91 Å². The lowest BCUT2D eigenvalue weighted by Gasteiger charge is -2.68. The van der Waals surface area contributed by atoms with Crippen LogP contribution < -0.4 is 5.32 Å². The lowest BCUT2D eigenvalue weighted by molar-refractivity contribution is -0.331. The van der Waals surface area contributed by atoms with Crippen molar-refractivity contribution in [3.05, 3.63) is 119 Å². The van der Waals surface area contributed by atoms with Crippen LogP contribution in [0.15, 0.2) is 102 Å². The van der Waals surface area contributed by atoms with E-state index in [1.807, 2.05) is 0 Å². The molecule has 0 aromatic heterocycles. The average Bonchev–Trinajstić information content (AvgIpc) is 3.25. The number of nitrogens with one attached hydrogen (secondary N) is 1. The van der Waals surface area contributed by atoms with E-state index < -0.39 is 112 Å². The zero-order chi connectivity index (χ0) is 45.6. The second kappa shape index (κ2) is 17.3. The molecule has 0 radical (unpaired) electrons. The number of esters is 4. The third-order valence-corrected chi connectivity index (χ3v) is 15.0. The Balaban J connectivity index is 1.40. The highest BCUT2D eigenvalue weighted by Gasteiger charge is 2.78. The van der Waals surface area contributed by atoms with Crippen molar-refractivity contribution >= 4 is 47.3 Å². The van der Waals surface area contributed by atoms with Gasteiger partial charge in [0.15, 0.2) is 23.6 Å². The Hall–Kier alpha value is -5.35. The fourth-order valence-corrected chi connectivity index (χ4v) is 11.6. The molecule has 3 aromatic carbocycles. The minimum Gasteiger partial charge on any atom is -0.456 e. The first-order valence-electron chi connectivity index (χ1n) is 20.9. The van der Waals surface area contributed by atoms with Gasteiger partial charge in [-0.3, -0.25) is 19.2 Å². The Kier molecular flexibility index (Phi) is 12.6. The van der Waals surface area contributed by atoms with Gasteiger partial charge in [-0.05, 0) is 60.6 Å². The van der Waals surface area contributed by atoms with E-state index in [9.17, 15) is 34.2 Å². The number of amides is 1. The lowest BCUT2D eigenvalue weighted by Crippen LogP contribution is -2.81. The molecule has 15 heteroatoms. The van der Waals surface area contributed by atoms with E-state index in [2.05, 4.69) is 5.32 Å². The predicted molar refractivity (Wildman–Crippen MR) is 229 cm³/mol. The lowest BCUT2D eigenvalue weighted by atomic mass is 9.45. The first-order valence-corrected chi connectivity index (χ1v) is 22.1. The number of Topliss-reactive ketones (excluding diaryl/α,β-unsaturated/α-hetero) is 1. The minimum absolute atomic E-state index is 0.106. The number of fused-ring (bicyclic) bond motifs is 5. The molecule has 2 bridgehead atoms. The maximum absolute atomic E-state index is 15.8. The molecule has 2 saturated carbocycles. The smallest absolute Gasteiger partial charge is 0.338 e. The van der Waals surface area contributed by atoms with Crippen molar-refractivity contribution in [2.45, 2.75) is 107 Å². The SMILES string of the molecule is CS[C@@H]1C[C@H]2OC[C@@]2(OC(C)=O)[C@H]2[C@H](OC(=O)c3ccccc3)[C@]3(O)C[C@H](OC(=O)[C@H](O)[C@@H](NC(=O)c4ccccc4)c4ccccc4)C(C)=C([C@@H](OC(C)=O)C(=O)[C@@]21C)C3(C)C. The number of rotatable bonds is 11. The standard InChI is InChI=1S/C48H53NO13S/c1-26-32(60-44(56)37(52)36(29-17-11-8-12-18-29)49-42(54)30-19-13-9-14-20-30)24-48(57)41(61-43(55)31-21-15-10-16-22-31)39-46(6,40(53)38(59-27(2)50)35(26)45(48,4)5)34(63-7)23-33-47(39,25-58-33)62-28(3)51/h8-22,32-34,36-39,41,52,57H,23-25H2,1-7H3,(H,49,54)/t32-,33+,34+,36-,37+,38+,39-,41-,46+,47-,48+/m0/s1. The van der Waals surface area contributed by atoms with E-state index in [0.717, 1.165) is 6.92 Å². The molecule has 7 rings (SSSR count). The van der Waals surface area contributed by atoms with E-state index in [4.69, 9.17) is 23.7 Å². The highest BCUT2D eigenvalue weighted by Crippen LogP contribution is 2.65. The summed E-state index contributed by atoms with van der Waals surface area (Å²) in [6.45, 7) is 8.67. The van der Waals surface area contributed by atoms with Gasteiger partial charge in [-0.2, -0.15) is 11.8 Å². The van der Waals surface area contributed by atoms with Crippen molar-refractivity contribution in [3.63, 3.8) is 0 Å². The summed E-state index contributed by atoms with van der Waals surface area (Å²) in [6.07, 6.45) is -6.01. The van der Waals surface area contributed by atoms with Crippen LogP contribution in [0.4, 0.5) is 0 Å². The number of hydrogen-bond acceptors (Lipinski definition) is 14. The van der Waals surface area contributed by atoms with Gasteiger partial charge in [-0.15, -0.1) is 0 Å². The molecule has 1 heterocycles. The van der Waals surface area contributed by atoms with Crippen molar-refractivity contribution in [1.29, 1.82) is 0 Å². The number of ether oxygens (including phenoxy) is 5. The molecule has 3 N–H and O–H groups in total. The predicted octanol–water partition coefficient (Wildman–Crippen LogP) is 5.11. The number of ketones is 1. The topological polar surface area (TPSA) is 201 Å². The molecule has 0 unspecified atom stereocenters. The molecule has 14 nitrogen and oxygen atoms in total. The summed E-state index contributed by atoms with van der Waals surface area (Å²) < 4.78 is 31.0. The summed E-state index contributed by atoms with van der Waals surface area (Å²) in [5.41, 5.74) is -5.99. The van der Waals surface area contributed by atoms with Gasteiger partial charge in [0.05, 0.1) is 29.5 Å². The van der Waals surface area contributed by atoms with Crippen LogP contribution in [-0.4, -0.2) is 106 Å². The van der Waals surface area contributed by atoms with Gasteiger partial charge in [0, 0.05) is 36.5 Å². The van der Waals surface area contributed by atoms with E-state index in [1.165, 1.54) is 30.8 Å². The molecule has 1 amide bonds. The molecule has 0 spiro atoms. The summed E-state index contributed by atoms with van der Waals surface area (Å²) >= 11 is 1.34. The second-order valence-electron chi connectivity index (χ2n) is 17.6. The monoisotopic (exact) mass is 883 g/mol. The Morgan fingerprint density at radius 3 is 1.97 bits per heavy atom. The molecule has 3 fully saturated rings. The first kappa shape index (κ1) is 45.7. The number of carbonyl (C=O) groups is 6. The largest absolute Gasteiger partial charge is 0.456 e. The van der Waals surface area contributed by atoms with Crippen LogP contribution in [0, 0.1) is 16.7 Å². The van der Waals surface area contributed by atoms with E-state index >= 15 is 4.79 Å². The van der Waals surface area contributed by atoms with Crippen LogP contribution in [0.25, 0.3) is 0 Å². The molecular weight excluding hydrogens is 831 g/mol. The average molecular weight is 884 g/mol. The summed E-state index contributed by atoms with van der Waals surface area (Å²) in [5, 5.41) is 27.8. The van der Waals surface area contributed by atoms with Crippen molar-refractivity contribution in [2.75, 3.05) is 12.9 Å². The molecule has 1 saturated heterocycles. The van der Waals surface area contributed by atoms with E-state index in [-0.39, 0.29) is 35.3 Å². The van der Waals surface area contributed by atoms with Gasteiger partial charge in [0.2, 0.25) is 0 Å². The quantitative estimate of drug-likeness (QED) is 0.130. The van der Waals surface area contributed by atoms with Crippen LogP contribution in [0.3, 0.4) is 0 Å². The number of aliphatic hydroxyl groups is 2. The van der Waals surface area contributed by atoms with Gasteiger partial charge >= 0.3 is 23.9 Å². The fourth-order valence-electron chi connectivity index (χ4n) is 10.5. The Labute approximate surface area is 370 Å². The van der Waals surface area contributed by atoms with Gasteiger partial charge in [-0.25, -0.2) is 9.59 Å². The van der Waals surface area contributed by atoms with Gasteiger partial charge < -0.3 is 39.2 Å². The second-order valence-corrected chi connectivity index (χ2v) is 18.6. The highest BCUT2D eigenvalue weighted by molar-refractivity contribution is 7.99. The summed E-state index contributed by atoms with van der Waals surface area (Å²) in [6, 6.07) is 23.4. The van der Waals surface area contributed by atoms with E-state index in [0.29, 0.717) is 5.56 Å². The summed E-state index contributed by atoms with van der Waals surface area (Å²) in [4.78, 5) is 84.2. The normalized spacial score (nSPS) is 31.5. The number of benzene rings is 3. The molecule has 1 aliphatic heterocycles. The number of aliphatic hydroxyl groups excluding tert-OH is 1. The zero-order valence-electron chi connectivity index (χ0n) is 36.2. The summed E-state index contributed by atoms with van der Waals surface area (Å²) in [5.74, 6) is -6.06. The Morgan fingerprint density at radius 2 is 1.43 bits per heavy atom. The van der Waals surface area contributed by atoms with Gasteiger partial charge in [-0.1, -0.05) is 87.5 Å². The maximum atomic E-state index is 15.8. The van der Waals surface area contributed by atoms with Gasteiger partial charge in [0.1, 0.15) is 23.9 Å². The summed E-state index contributed by atoms with van der Waals surface area (Å²) in [7, 11) is 0. The molecular formula is C48H53NO13S. The van der Waals surface area contributed by atoms with Crippen molar-refractivity contribution in [3.8, 4) is 0 Å². The number of hydrogen-bond donors (Lipinski definition) is 3. The highest BCUT2D eigenvalue weighted by atomic mass is 32.2. The number of thioether (sulfide) groups is 1. The van der Waals surface area contributed by atoms with Crippen LogP contribution in [0.1, 0.15) is 86.7 Å². The molecule has 4 aliphatic rings. The third-order valence-electron chi connectivity index (χ3n) is 13.7. The first-order chi connectivity index (χ1) is 29.8. The Bertz CT molecular complexity index is 2300. The maximum Gasteiger partial charge on any atom is 0.338 e. The van der Waals surface area contributed by atoms with Crippen molar-refractivity contribution in [1.82, 2.24) is 5.32 Å². The zero-order valence-corrected chi connectivity index (χ0v) is 37.0. The van der Waals surface area contributed by atoms with Crippen LogP contribution in [0.5, 0.6) is 0 Å².